The number of aliphatic hydroxyl groups is 1. The molecule has 4 heterocycles. The molecule has 0 unspecified atom stereocenters. The summed E-state index contributed by atoms with van der Waals surface area (Å²) in [5.41, 5.74) is 2.99. The molecule has 0 bridgehead atoms. The summed E-state index contributed by atoms with van der Waals surface area (Å²) < 4.78 is 7.31. The number of anilines is 1. The van der Waals surface area contributed by atoms with Crippen LogP contribution in [0, 0.1) is 11.3 Å². The predicted octanol–water partition coefficient (Wildman–Crippen LogP) is 2.24. The highest BCUT2D eigenvalue weighted by molar-refractivity contribution is 5.85. The molecular weight excluding hydrogens is 330 g/mol. The Morgan fingerprint density at radius 1 is 1.38 bits per heavy atom. The SMILES string of the molecule is CCOc1cc(-c2ccc(N3CC[C@H](O)C3)nc2)c2c(C#N)cnn2c1. The normalized spacial score (nSPS) is 16.8. The van der Waals surface area contributed by atoms with Gasteiger partial charge in [-0.15, -0.1) is 0 Å². The maximum Gasteiger partial charge on any atom is 0.138 e. The van der Waals surface area contributed by atoms with Crippen LogP contribution < -0.4 is 9.64 Å². The Bertz CT molecular complexity index is 974. The van der Waals surface area contributed by atoms with Gasteiger partial charge < -0.3 is 14.7 Å². The van der Waals surface area contributed by atoms with Crippen molar-refractivity contribution in [1.82, 2.24) is 14.6 Å². The molecule has 1 N–H and O–H groups in total. The third-order valence-corrected chi connectivity index (χ3v) is 4.56. The van der Waals surface area contributed by atoms with Gasteiger partial charge in [-0.1, -0.05) is 0 Å². The molecule has 0 saturated carbocycles. The molecule has 0 spiro atoms. The summed E-state index contributed by atoms with van der Waals surface area (Å²) in [7, 11) is 0. The minimum atomic E-state index is -0.288. The van der Waals surface area contributed by atoms with Gasteiger partial charge in [-0.25, -0.2) is 9.50 Å². The first-order valence-electron chi connectivity index (χ1n) is 8.63. The molecule has 1 atom stereocenters. The lowest BCUT2D eigenvalue weighted by Gasteiger charge is -2.17. The summed E-state index contributed by atoms with van der Waals surface area (Å²) in [6.07, 6.45) is 5.60. The zero-order valence-electron chi connectivity index (χ0n) is 14.5. The summed E-state index contributed by atoms with van der Waals surface area (Å²) in [6.45, 7) is 3.89. The number of pyridine rings is 2. The van der Waals surface area contributed by atoms with Gasteiger partial charge in [-0.2, -0.15) is 10.4 Å². The lowest BCUT2D eigenvalue weighted by atomic mass is 10.1. The van der Waals surface area contributed by atoms with Crippen LogP contribution in [0.5, 0.6) is 5.75 Å². The van der Waals surface area contributed by atoms with Crippen LogP contribution >= 0.6 is 0 Å². The molecule has 3 aromatic rings. The molecule has 0 aromatic carbocycles. The van der Waals surface area contributed by atoms with E-state index in [0.29, 0.717) is 24.5 Å². The van der Waals surface area contributed by atoms with Crippen molar-refractivity contribution < 1.29 is 9.84 Å². The standard InChI is InChI=1S/C19H19N5O2/c1-2-26-16-7-17(19-14(8-20)10-22-24(19)12-16)13-3-4-18(21-9-13)23-6-5-15(25)11-23/h3-4,7,9-10,12,15,25H,2,5-6,11H2,1H3/t15-/m0/s1. The Hall–Kier alpha value is -3.11. The van der Waals surface area contributed by atoms with E-state index in [4.69, 9.17) is 4.74 Å². The first-order chi connectivity index (χ1) is 12.7. The van der Waals surface area contributed by atoms with Gasteiger partial charge in [0.05, 0.1) is 36.2 Å². The Labute approximate surface area is 151 Å². The number of aromatic nitrogens is 3. The number of ether oxygens (including phenoxy) is 1. The first-order valence-corrected chi connectivity index (χ1v) is 8.63. The quantitative estimate of drug-likeness (QED) is 0.777. The zero-order valence-corrected chi connectivity index (χ0v) is 14.5. The maximum atomic E-state index is 9.70. The Morgan fingerprint density at radius 2 is 2.27 bits per heavy atom. The van der Waals surface area contributed by atoms with Crippen LogP contribution in [0.3, 0.4) is 0 Å². The van der Waals surface area contributed by atoms with E-state index in [-0.39, 0.29) is 6.10 Å². The fourth-order valence-corrected chi connectivity index (χ4v) is 3.33. The van der Waals surface area contributed by atoms with Gasteiger partial charge in [0.25, 0.3) is 0 Å². The Balaban J connectivity index is 1.77. The third-order valence-electron chi connectivity index (χ3n) is 4.56. The van der Waals surface area contributed by atoms with E-state index in [9.17, 15) is 10.4 Å². The molecule has 26 heavy (non-hydrogen) atoms. The first kappa shape index (κ1) is 16.4. The number of aliphatic hydroxyl groups excluding tert-OH is 1. The van der Waals surface area contributed by atoms with Crippen molar-refractivity contribution >= 4 is 11.3 Å². The van der Waals surface area contributed by atoms with Gasteiger partial charge in [-0.3, -0.25) is 0 Å². The fraction of sp³-hybridized carbons (Fsp3) is 0.316. The van der Waals surface area contributed by atoms with Crippen molar-refractivity contribution in [3.8, 4) is 22.9 Å². The molecule has 7 heteroatoms. The highest BCUT2D eigenvalue weighted by Crippen LogP contribution is 2.31. The number of hydrogen-bond acceptors (Lipinski definition) is 6. The van der Waals surface area contributed by atoms with E-state index < -0.39 is 0 Å². The second-order valence-electron chi connectivity index (χ2n) is 6.28. The number of nitriles is 1. The van der Waals surface area contributed by atoms with Crippen LogP contribution in [-0.4, -0.2) is 45.5 Å². The van der Waals surface area contributed by atoms with E-state index >= 15 is 0 Å². The largest absolute Gasteiger partial charge is 0.492 e. The number of fused-ring (bicyclic) bond motifs is 1. The molecule has 1 aliphatic rings. The number of β-amino-alcohol motifs (C(OH)–C–C–N with tert-alkyl or cyclic N) is 1. The van der Waals surface area contributed by atoms with Crippen LogP contribution in [0.2, 0.25) is 0 Å². The molecule has 132 valence electrons. The molecular formula is C19H19N5O2. The summed E-state index contributed by atoms with van der Waals surface area (Å²) in [6, 6.07) is 8.03. The lowest BCUT2D eigenvalue weighted by Crippen LogP contribution is -2.21. The van der Waals surface area contributed by atoms with E-state index in [1.165, 1.54) is 0 Å². The number of nitrogens with zero attached hydrogens (tertiary/aromatic N) is 5. The monoisotopic (exact) mass is 349 g/mol. The van der Waals surface area contributed by atoms with Crippen LogP contribution in [-0.2, 0) is 0 Å². The molecule has 0 amide bonds. The summed E-state index contributed by atoms with van der Waals surface area (Å²) in [5, 5.41) is 23.4. The van der Waals surface area contributed by atoms with Crippen molar-refractivity contribution in [3.05, 3.63) is 42.4 Å². The smallest absolute Gasteiger partial charge is 0.138 e. The Kier molecular flexibility index (Phi) is 4.19. The maximum absolute atomic E-state index is 9.70. The highest BCUT2D eigenvalue weighted by atomic mass is 16.5. The van der Waals surface area contributed by atoms with Crippen molar-refractivity contribution in [2.75, 3.05) is 24.6 Å². The highest BCUT2D eigenvalue weighted by Gasteiger charge is 2.21. The molecule has 0 radical (unpaired) electrons. The van der Waals surface area contributed by atoms with E-state index in [2.05, 4.69) is 21.1 Å². The van der Waals surface area contributed by atoms with E-state index in [1.807, 2.05) is 25.1 Å². The van der Waals surface area contributed by atoms with Crippen LogP contribution in [0.4, 0.5) is 5.82 Å². The van der Waals surface area contributed by atoms with Gasteiger partial charge in [-0.05, 0) is 31.5 Å². The molecule has 1 saturated heterocycles. The average Bonchev–Trinajstić information content (AvgIpc) is 3.27. The summed E-state index contributed by atoms with van der Waals surface area (Å²) >= 11 is 0. The van der Waals surface area contributed by atoms with E-state index in [0.717, 1.165) is 35.4 Å². The number of rotatable bonds is 4. The molecule has 0 aliphatic carbocycles. The second-order valence-corrected chi connectivity index (χ2v) is 6.28. The fourth-order valence-electron chi connectivity index (χ4n) is 3.33. The topological polar surface area (TPSA) is 86.7 Å². The van der Waals surface area contributed by atoms with Crippen molar-refractivity contribution in [1.29, 1.82) is 5.26 Å². The Morgan fingerprint density at radius 3 is 2.92 bits per heavy atom. The zero-order chi connectivity index (χ0) is 18.1. The minimum Gasteiger partial charge on any atom is -0.492 e. The average molecular weight is 349 g/mol. The van der Waals surface area contributed by atoms with Crippen molar-refractivity contribution in [2.24, 2.45) is 0 Å². The van der Waals surface area contributed by atoms with Crippen LogP contribution in [0.25, 0.3) is 16.6 Å². The number of hydrogen-bond donors (Lipinski definition) is 1. The summed E-state index contributed by atoms with van der Waals surface area (Å²) in [4.78, 5) is 6.62. The van der Waals surface area contributed by atoms with Crippen molar-refractivity contribution in [2.45, 2.75) is 19.4 Å². The van der Waals surface area contributed by atoms with Crippen LogP contribution in [0.15, 0.2) is 36.8 Å². The van der Waals surface area contributed by atoms with Gasteiger partial charge in [0.1, 0.15) is 17.6 Å². The molecule has 1 fully saturated rings. The molecule has 4 rings (SSSR count). The third kappa shape index (κ3) is 2.85. The second kappa shape index (κ2) is 6.65. The van der Waals surface area contributed by atoms with Crippen molar-refractivity contribution in [3.63, 3.8) is 0 Å². The minimum absolute atomic E-state index is 0.288. The van der Waals surface area contributed by atoms with E-state index in [1.54, 1.807) is 23.1 Å². The van der Waals surface area contributed by atoms with Gasteiger partial charge in [0.2, 0.25) is 0 Å². The van der Waals surface area contributed by atoms with Gasteiger partial charge >= 0.3 is 0 Å². The molecule has 7 nitrogen and oxygen atoms in total. The molecule has 3 aromatic heterocycles. The van der Waals surface area contributed by atoms with Gasteiger partial charge in [0.15, 0.2) is 0 Å². The van der Waals surface area contributed by atoms with Crippen LogP contribution in [0.1, 0.15) is 18.9 Å². The van der Waals surface area contributed by atoms with Gasteiger partial charge in [0, 0.05) is 30.4 Å². The summed E-state index contributed by atoms with van der Waals surface area (Å²) in [5.74, 6) is 1.53. The predicted molar refractivity (Wildman–Crippen MR) is 97.1 cm³/mol. The molecule has 1 aliphatic heterocycles. The lowest BCUT2D eigenvalue weighted by molar-refractivity contribution is 0.198.